The van der Waals surface area contributed by atoms with Crippen LogP contribution in [-0.2, 0) is 20.8 Å². The molecule has 0 spiro atoms. The molecule has 1 aromatic rings. The number of hydrogen-bond acceptors (Lipinski definition) is 5. The normalized spacial score (nSPS) is 24.7. The molecule has 0 radical (unpaired) electrons. The van der Waals surface area contributed by atoms with Gasteiger partial charge in [0.1, 0.15) is 0 Å². The van der Waals surface area contributed by atoms with Crippen molar-refractivity contribution in [1.29, 1.82) is 0 Å². The maximum Gasteiger partial charge on any atom is 0.264 e. The molecule has 5 nitrogen and oxygen atoms in total. The van der Waals surface area contributed by atoms with Gasteiger partial charge < -0.3 is 5.73 Å². The van der Waals surface area contributed by atoms with Crippen molar-refractivity contribution in [3.63, 3.8) is 0 Å². The molecule has 0 aliphatic carbocycles. The highest BCUT2D eigenvalue weighted by Crippen LogP contribution is 2.22. The van der Waals surface area contributed by atoms with Crippen LogP contribution in [0.4, 0.5) is 0 Å². The summed E-state index contributed by atoms with van der Waals surface area (Å²) in [7, 11) is -3.43. The Bertz CT molecular complexity index is 504. The van der Waals surface area contributed by atoms with Crippen LogP contribution in [0.3, 0.4) is 0 Å². The van der Waals surface area contributed by atoms with Crippen LogP contribution in [0.25, 0.3) is 0 Å². The summed E-state index contributed by atoms with van der Waals surface area (Å²) < 4.78 is 27.6. The first kappa shape index (κ1) is 14.5. The molecular formula is C13H20N2O3S. The molecule has 1 aromatic carbocycles. The lowest BCUT2D eigenvalue weighted by Gasteiger charge is -2.15. The molecule has 1 saturated heterocycles. The molecule has 19 heavy (non-hydrogen) atoms. The molecule has 0 amide bonds. The summed E-state index contributed by atoms with van der Waals surface area (Å²) >= 11 is 0. The van der Waals surface area contributed by atoms with Crippen molar-refractivity contribution in [2.24, 2.45) is 11.7 Å². The number of rotatable bonds is 5. The van der Waals surface area contributed by atoms with Crippen LogP contribution in [0.5, 0.6) is 0 Å². The summed E-state index contributed by atoms with van der Waals surface area (Å²) in [5, 5.41) is 0. The molecule has 2 rings (SSSR count). The van der Waals surface area contributed by atoms with Crippen LogP contribution >= 0.6 is 0 Å². The maximum atomic E-state index is 11.2. The van der Waals surface area contributed by atoms with E-state index in [0.29, 0.717) is 13.1 Å². The van der Waals surface area contributed by atoms with Gasteiger partial charge in [0, 0.05) is 25.6 Å². The Morgan fingerprint density at radius 2 is 2.00 bits per heavy atom. The Balaban J connectivity index is 1.99. The first-order chi connectivity index (χ1) is 8.98. The molecule has 0 saturated carbocycles. The summed E-state index contributed by atoms with van der Waals surface area (Å²) in [5.74, 6) is 0.0680. The van der Waals surface area contributed by atoms with E-state index in [0.717, 1.165) is 19.3 Å². The van der Waals surface area contributed by atoms with Crippen molar-refractivity contribution >= 4 is 10.1 Å². The van der Waals surface area contributed by atoms with Gasteiger partial charge in [-0.1, -0.05) is 30.3 Å². The Labute approximate surface area is 114 Å². The Hall–Kier alpha value is -0.950. The molecule has 2 atom stereocenters. The summed E-state index contributed by atoms with van der Waals surface area (Å²) in [6, 6.07) is 10.1. The zero-order chi connectivity index (χ0) is 13.9. The zero-order valence-electron chi connectivity index (χ0n) is 11.0. The molecular weight excluding hydrogens is 264 g/mol. The lowest BCUT2D eigenvalue weighted by atomic mass is 10.1. The largest absolute Gasteiger partial charge is 0.330 e. The van der Waals surface area contributed by atoms with Gasteiger partial charge in [-0.2, -0.15) is 8.42 Å². The van der Waals surface area contributed by atoms with Crippen LogP contribution in [0.2, 0.25) is 0 Å². The van der Waals surface area contributed by atoms with E-state index in [4.69, 9.17) is 9.92 Å². The van der Waals surface area contributed by atoms with Crippen LogP contribution in [0.15, 0.2) is 30.3 Å². The lowest BCUT2D eigenvalue weighted by Crippen LogP contribution is -2.30. The molecule has 106 valence electrons. The molecule has 2 N–H and O–H groups in total. The van der Waals surface area contributed by atoms with Gasteiger partial charge >= 0.3 is 0 Å². The van der Waals surface area contributed by atoms with Crippen molar-refractivity contribution in [3.05, 3.63) is 35.9 Å². The van der Waals surface area contributed by atoms with E-state index in [9.17, 15) is 8.42 Å². The van der Waals surface area contributed by atoms with Gasteiger partial charge in [-0.3, -0.25) is 9.08 Å². The van der Waals surface area contributed by atoms with E-state index < -0.39 is 10.1 Å². The SMILES string of the molecule is CS(=O)(=O)O[C@H]1CN(Cc2ccccc2)C[C@@H]1CN. The molecule has 6 heteroatoms. The van der Waals surface area contributed by atoms with Gasteiger partial charge in [0.05, 0.1) is 12.4 Å². The first-order valence-electron chi connectivity index (χ1n) is 6.32. The van der Waals surface area contributed by atoms with Gasteiger partial charge in [-0.05, 0) is 12.1 Å². The second-order valence-electron chi connectivity index (χ2n) is 5.01. The fourth-order valence-electron chi connectivity index (χ4n) is 2.46. The van der Waals surface area contributed by atoms with Crippen molar-refractivity contribution in [3.8, 4) is 0 Å². The van der Waals surface area contributed by atoms with Crippen LogP contribution in [0.1, 0.15) is 5.56 Å². The average molecular weight is 284 g/mol. The summed E-state index contributed by atoms with van der Waals surface area (Å²) in [4.78, 5) is 2.18. The van der Waals surface area contributed by atoms with Gasteiger partial charge in [0.15, 0.2) is 0 Å². The van der Waals surface area contributed by atoms with Crippen molar-refractivity contribution < 1.29 is 12.6 Å². The molecule has 0 aromatic heterocycles. The summed E-state index contributed by atoms with van der Waals surface area (Å²) in [6.07, 6.45) is 0.754. The predicted molar refractivity (Wildman–Crippen MR) is 74.0 cm³/mol. The number of benzene rings is 1. The van der Waals surface area contributed by atoms with Crippen molar-refractivity contribution in [2.45, 2.75) is 12.6 Å². The van der Waals surface area contributed by atoms with E-state index >= 15 is 0 Å². The van der Waals surface area contributed by atoms with E-state index in [-0.39, 0.29) is 12.0 Å². The maximum absolute atomic E-state index is 11.2. The highest BCUT2D eigenvalue weighted by atomic mass is 32.2. The Morgan fingerprint density at radius 3 is 2.58 bits per heavy atom. The first-order valence-corrected chi connectivity index (χ1v) is 8.14. The van der Waals surface area contributed by atoms with Crippen LogP contribution in [0, 0.1) is 5.92 Å². The average Bonchev–Trinajstić information content (AvgIpc) is 2.70. The van der Waals surface area contributed by atoms with E-state index in [2.05, 4.69) is 17.0 Å². The number of nitrogens with two attached hydrogens (primary N) is 1. The molecule has 1 fully saturated rings. The van der Waals surface area contributed by atoms with Gasteiger partial charge in [-0.25, -0.2) is 0 Å². The standard InChI is InChI=1S/C13H20N2O3S/c1-19(16,17)18-13-10-15(9-12(13)7-14)8-11-5-3-2-4-6-11/h2-6,12-13H,7-10,14H2,1H3/t12-,13-/m0/s1. The fraction of sp³-hybridized carbons (Fsp3) is 0.538. The van der Waals surface area contributed by atoms with Crippen LogP contribution < -0.4 is 5.73 Å². The molecule has 1 heterocycles. The third-order valence-corrected chi connectivity index (χ3v) is 3.90. The smallest absolute Gasteiger partial charge is 0.264 e. The molecule has 0 unspecified atom stereocenters. The zero-order valence-corrected chi connectivity index (χ0v) is 11.8. The number of nitrogens with zero attached hydrogens (tertiary/aromatic N) is 1. The van der Waals surface area contributed by atoms with E-state index in [1.807, 2.05) is 18.2 Å². The fourth-order valence-corrected chi connectivity index (χ4v) is 3.12. The second-order valence-corrected chi connectivity index (χ2v) is 6.61. The van der Waals surface area contributed by atoms with E-state index in [1.54, 1.807) is 0 Å². The van der Waals surface area contributed by atoms with Gasteiger partial charge in [-0.15, -0.1) is 0 Å². The molecule has 1 aliphatic heterocycles. The van der Waals surface area contributed by atoms with Gasteiger partial charge in [0.25, 0.3) is 10.1 Å². The third kappa shape index (κ3) is 4.28. The minimum atomic E-state index is -3.43. The van der Waals surface area contributed by atoms with Crippen molar-refractivity contribution in [2.75, 3.05) is 25.9 Å². The number of likely N-dealkylation sites (tertiary alicyclic amines) is 1. The highest BCUT2D eigenvalue weighted by molar-refractivity contribution is 7.86. The third-order valence-electron chi connectivity index (χ3n) is 3.31. The summed E-state index contributed by atoms with van der Waals surface area (Å²) in [5.41, 5.74) is 6.90. The summed E-state index contributed by atoms with van der Waals surface area (Å²) in [6.45, 7) is 2.60. The Morgan fingerprint density at radius 1 is 1.32 bits per heavy atom. The van der Waals surface area contributed by atoms with Crippen molar-refractivity contribution in [1.82, 2.24) is 4.90 Å². The lowest BCUT2D eigenvalue weighted by molar-refractivity contribution is 0.178. The minimum Gasteiger partial charge on any atom is -0.330 e. The highest BCUT2D eigenvalue weighted by Gasteiger charge is 2.34. The van der Waals surface area contributed by atoms with Gasteiger partial charge in [0.2, 0.25) is 0 Å². The second kappa shape index (κ2) is 6.00. The Kier molecular flexibility index (Phi) is 4.57. The molecule has 1 aliphatic rings. The van der Waals surface area contributed by atoms with Crippen LogP contribution in [-0.4, -0.2) is 45.3 Å². The topological polar surface area (TPSA) is 72.6 Å². The molecule has 0 bridgehead atoms. The predicted octanol–water partition coefficient (Wildman–Crippen LogP) is 0.422. The monoisotopic (exact) mass is 284 g/mol. The minimum absolute atomic E-state index is 0.0680. The number of hydrogen-bond donors (Lipinski definition) is 1. The quantitative estimate of drug-likeness (QED) is 0.793. The van der Waals surface area contributed by atoms with E-state index in [1.165, 1.54) is 5.56 Å².